The van der Waals surface area contributed by atoms with E-state index in [1.54, 1.807) is 37.5 Å². The van der Waals surface area contributed by atoms with Crippen molar-refractivity contribution in [1.29, 1.82) is 0 Å². The molecule has 0 aliphatic heterocycles. The third-order valence-electron chi connectivity index (χ3n) is 14.1. The van der Waals surface area contributed by atoms with Gasteiger partial charge in [-0.05, 0) is 85.6 Å². The van der Waals surface area contributed by atoms with Crippen molar-refractivity contribution in [3.05, 3.63) is 197 Å². The Morgan fingerprint density at radius 3 is 1.07 bits per heavy atom. The Morgan fingerprint density at radius 1 is 0.394 bits per heavy atom. The molecule has 4 aromatic heterocycles. The molecule has 18 nitrogen and oxygen atoms in total. The minimum absolute atomic E-state index is 0.00655. The van der Waals surface area contributed by atoms with Gasteiger partial charge in [-0.1, -0.05) is 161 Å². The van der Waals surface area contributed by atoms with Gasteiger partial charge in [-0.25, -0.2) is 19.2 Å². The van der Waals surface area contributed by atoms with Gasteiger partial charge < -0.3 is 23.7 Å². The second-order valence-corrected chi connectivity index (χ2v) is 24.8. The molecular formula is C65H31Br2Cl9N4O14. The van der Waals surface area contributed by atoms with E-state index in [0.717, 1.165) is 57.9 Å². The number of fused-ring (bicyclic) bond motifs is 4. The Labute approximate surface area is 589 Å². The first-order valence-electron chi connectivity index (χ1n) is 26.1. The normalized spacial score (nSPS) is 10.8. The van der Waals surface area contributed by atoms with Crippen molar-refractivity contribution in [1.82, 2.24) is 19.9 Å². The molecule has 29 heteroatoms. The first-order valence-corrected chi connectivity index (χ1v) is 31.1. The third kappa shape index (κ3) is 13.5. The Bertz CT molecular complexity index is 5250. The number of carbonyl (C=O) groups excluding carboxylic acids is 9. The summed E-state index contributed by atoms with van der Waals surface area (Å²) in [5.74, 6) is -2.75. The lowest BCUT2D eigenvalue weighted by molar-refractivity contribution is -0.193. The average Bonchev–Trinajstić information content (AvgIpc) is 0.713. The smallest absolute Gasteiger partial charge is 0.373 e. The van der Waals surface area contributed by atoms with Crippen molar-refractivity contribution in [3.63, 3.8) is 0 Å². The van der Waals surface area contributed by atoms with Crippen molar-refractivity contribution in [2.45, 2.75) is 13.8 Å². The number of pyridine rings is 4. The van der Waals surface area contributed by atoms with Crippen molar-refractivity contribution in [2.24, 2.45) is 0 Å². The summed E-state index contributed by atoms with van der Waals surface area (Å²) in [5, 5.41) is 10.3. The molecule has 472 valence electrons. The Morgan fingerprint density at radius 2 is 0.691 bits per heavy atom. The number of hydrogen-bond donors (Lipinski definition) is 0. The molecule has 0 N–H and O–H groups in total. The predicted molar refractivity (Wildman–Crippen MR) is 365 cm³/mol. The molecule has 0 saturated heterocycles. The van der Waals surface area contributed by atoms with Crippen LogP contribution in [0.1, 0.15) is 52.6 Å². The molecular weight excluding hydrogens is 1540 g/mol. The number of hydrogen-bond acceptors (Lipinski definition) is 18. The highest BCUT2D eigenvalue weighted by molar-refractivity contribution is 9.11. The molecule has 4 heterocycles. The lowest BCUT2D eigenvalue weighted by atomic mass is 9.89. The van der Waals surface area contributed by atoms with Crippen LogP contribution in [0.2, 0.25) is 45.2 Å². The highest BCUT2D eigenvalue weighted by atomic mass is 79.9. The Kier molecular flexibility index (Phi) is 22.1. The number of methoxy groups -OCH3 is 2. The van der Waals surface area contributed by atoms with E-state index in [1.165, 1.54) is 62.9 Å². The van der Waals surface area contributed by atoms with Crippen LogP contribution in [0.5, 0.6) is 17.2 Å². The van der Waals surface area contributed by atoms with E-state index in [1.807, 2.05) is 24.4 Å². The summed E-state index contributed by atoms with van der Waals surface area (Å²) in [7, 11) is 2.60. The second kappa shape index (κ2) is 29.7. The van der Waals surface area contributed by atoms with Gasteiger partial charge in [-0.3, -0.25) is 24.7 Å². The molecule has 0 atom stereocenters. The molecule has 13 aromatic rings. The highest BCUT2D eigenvalue weighted by Gasteiger charge is 2.29. The lowest BCUT2D eigenvalue weighted by Gasteiger charge is -2.19. The van der Waals surface area contributed by atoms with Crippen LogP contribution in [-0.4, -0.2) is 76.8 Å². The first-order chi connectivity index (χ1) is 44.9. The number of rotatable bonds is 8. The number of aromatic nitrogens is 4. The van der Waals surface area contributed by atoms with Crippen LogP contribution < -0.4 is 14.2 Å². The molecule has 9 aromatic carbocycles. The maximum absolute atomic E-state index is 13.8. The van der Waals surface area contributed by atoms with Gasteiger partial charge in [-0.15, -0.1) is 0 Å². The molecule has 0 aliphatic carbocycles. The number of halogens is 11. The molecule has 0 saturated carbocycles. The van der Waals surface area contributed by atoms with E-state index in [2.05, 4.69) is 59.6 Å². The van der Waals surface area contributed by atoms with Crippen LogP contribution in [0.3, 0.4) is 0 Å². The van der Waals surface area contributed by atoms with Gasteiger partial charge >= 0.3 is 36.2 Å². The number of aryl methyl sites for hydroxylation is 2. The fraction of sp³-hybridized carbons (Fsp3) is 0.0615. The summed E-state index contributed by atoms with van der Waals surface area (Å²) in [6, 6.07) is 23.0. The molecule has 0 bridgehead atoms. The van der Waals surface area contributed by atoms with E-state index in [-0.39, 0.29) is 98.3 Å². The van der Waals surface area contributed by atoms with Crippen LogP contribution in [0.25, 0.3) is 86.7 Å². The summed E-state index contributed by atoms with van der Waals surface area (Å²) in [4.78, 5) is 114. The fourth-order valence-corrected chi connectivity index (χ4v) is 14.4. The van der Waals surface area contributed by atoms with Gasteiger partial charge in [0.25, 0.3) is 6.47 Å². The van der Waals surface area contributed by atoms with E-state index in [4.69, 9.17) is 153 Å². The summed E-state index contributed by atoms with van der Waals surface area (Å²) >= 11 is 61.5. The van der Waals surface area contributed by atoms with Crippen molar-refractivity contribution >= 4 is 266 Å². The van der Waals surface area contributed by atoms with Gasteiger partial charge in [0.2, 0.25) is 0 Å². The van der Waals surface area contributed by atoms with Crippen LogP contribution in [0.4, 0.5) is 0 Å². The van der Waals surface area contributed by atoms with Crippen LogP contribution in [0.15, 0.2) is 119 Å². The van der Waals surface area contributed by atoms with E-state index in [0.29, 0.717) is 54.1 Å². The molecule has 0 unspecified atom stereocenters. The summed E-state index contributed by atoms with van der Waals surface area (Å²) in [6.07, 6.45) is 6.92. The van der Waals surface area contributed by atoms with Gasteiger partial charge in [-0.2, -0.15) is 19.2 Å². The third-order valence-corrected chi connectivity index (χ3v) is 17.8. The van der Waals surface area contributed by atoms with Crippen LogP contribution in [-0.2, 0) is 33.4 Å². The number of esters is 4. The minimum Gasteiger partial charge on any atom is -0.465 e. The first kappa shape index (κ1) is 70.2. The molecule has 0 radical (unpaired) electrons. The zero-order valence-corrected chi connectivity index (χ0v) is 57.6. The highest BCUT2D eigenvalue weighted by Crippen LogP contribution is 2.47. The zero-order chi connectivity index (χ0) is 68.3. The molecule has 0 aliphatic rings. The lowest BCUT2D eigenvalue weighted by Crippen LogP contribution is -2.13. The number of carbonyl (C=O) groups is 5. The maximum atomic E-state index is 13.8. The topological polar surface area (TPSA) is 251 Å². The minimum atomic E-state index is -0.856. The van der Waals surface area contributed by atoms with Gasteiger partial charge in [0.15, 0.2) is 17.2 Å². The number of nitrogens with zero attached hydrogens (tertiary/aromatic N) is 4. The van der Waals surface area contributed by atoms with E-state index >= 15 is 0 Å². The van der Waals surface area contributed by atoms with Gasteiger partial charge in [0, 0.05) is 113 Å². The van der Waals surface area contributed by atoms with Crippen molar-refractivity contribution < 1.29 is 66.8 Å². The SMILES string of the molecule is COC(=O)c1cnc2c3ccc(Br)c4c(C)cnc(c5ccc(Br)c1c52)c43.COC(=O)c1cnc2c3ccc(C(=O)Oc4c(Cl)cc(Cl)cc4Cl)c4c(C)cnc(c5ccc(C(=O)Oc6c(Cl)cc(Cl)cc6Cl)c1c52)c43.O=C=O.O=C=O.O=COc1c(Cl)cc(Cl)cc1Cl. The van der Waals surface area contributed by atoms with Crippen LogP contribution >= 0.6 is 136 Å². The van der Waals surface area contributed by atoms with Gasteiger partial charge in [0.05, 0.1) is 88.7 Å². The van der Waals surface area contributed by atoms with Gasteiger partial charge in [0.1, 0.15) is 0 Å². The molecule has 0 amide bonds. The molecule has 94 heavy (non-hydrogen) atoms. The fourth-order valence-electron chi connectivity index (χ4n) is 10.5. The largest absolute Gasteiger partial charge is 0.465 e. The van der Waals surface area contributed by atoms with Crippen molar-refractivity contribution in [3.8, 4) is 17.2 Å². The summed E-state index contributed by atoms with van der Waals surface area (Å²) < 4.78 is 27.7. The quantitative estimate of drug-likeness (QED) is 0.0450. The van der Waals surface area contributed by atoms with E-state index in [9.17, 15) is 24.0 Å². The monoisotopic (exact) mass is 1560 g/mol. The summed E-state index contributed by atoms with van der Waals surface area (Å²) in [5.41, 5.74) is 5.09. The Hall–Kier alpha value is -8.14. The zero-order valence-electron chi connectivity index (χ0n) is 47.6. The maximum Gasteiger partial charge on any atom is 0.373 e. The average molecular weight is 1570 g/mol. The standard InChI is InChI=1S/C35H16Cl6N2O6.C21H12Br2N2O2.C7H3Cl3O2.2CO2/c1-13-11-42-29-17-4-6-19(35(46)49-32-23(40)9-15(37)10-24(32)41)26-20(33(44)47-2)12-43-30(28(17)26)16-3-5-18(25(13)27(16)29)34(45)48-31-21(38)7-14(36)8-22(31)39;1-9-7-24-19-11-4-6-14(23)16-12(21(26)27-2)8-25-20(18(11)16)10-3-5-13(22)15(9)17(10)19;8-4-1-5(9)7(12-3-11)6(10)2-4;2*2-1-3/h3-12H,1-2H3;3-8H,1-2H3;1-3H;;. The molecule has 13 rings (SSSR count). The number of ether oxygens (including phenoxy) is 5. The Balaban J connectivity index is 0.000000191. The molecule has 0 spiro atoms. The molecule has 0 fully saturated rings. The van der Waals surface area contributed by atoms with Crippen LogP contribution in [0, 0.1) is 13.8 Å². The number of benzene rings is 9. The summed E-state index contributed by atoms with van der Waals surface area (Å²) in [6.45, 7) is 4.11. The van der Waals surface area contributed by atoms with E-state index < -0.39 is 23.9 Å². The second-order valence-electron chi connectivity index (χ2n) is 19.4. The predicted octanol–water partition coefficient (Wildman–Crippen LogP) is 19.1. The van der Waals surface area contributed by atoms with Crippen molar-refractivity contribution in [2.75, 3.05) is 14.2 Å².